The molecule has 3 heterocycles. The van der Waals surface area contributed by atoms with E-state index in [0.717, 1.165) is 14.2 Å². The maximum Gasteiger partial charge on any atom is 0.325 e. The number of nitrogens with one attached hydrogen (secondary N) is 1. The summed E-state index contributed by atoms with van der Waals surface area (Å²) in [4.78, 5) is 31.5. The Morgan fingerprint density at radius 1 is 1.39 bits per heavy atom. The minimum absolute atomic E-state index is 0.141. The average Bonchev–Trinajstić information content (AvgIpc) is 3.38. The molecule has 2 aromatic heterocycles. The largest absolute Gasteiger partial charge is 0.337 e. The van der Waals surface area contributed by atoms with Crippen molar-refractivity contribution in [1.29, 1.82) is 5.26 Å². The van der Waals surface area contributed by atoms with E-state index in [1.165, 1.54) is 11.3 Å². The summed E-state index contributed by atoms with van der Waals surface area (Å²) in [6, 6.07) is 9.91. The molecular weight excluding hydrogens is 446 g/mol. The van der Waals surface area contributed by atoms with Gasteiger partial charge in [-0.15, -0.1) is 11.3 Å². The first-order valence-corrected chi connectivity index (χ1v) is 9.80. The first-order valence-electron chi connectivity index (χ1n) is 8.12. The van der Waals surface area contributed by atoms with Crippen LogP contribution in [0.25, 0.3) is 10.7 Å². The molecule has 140 valence electrons. The van der Waals surface area contributed by atoms with E-state index in [1.54, 1.807) is 31.2 Å². The van der Waals surface area contributed by atoms with Gasteiger partial charge in [0.05, 0.1) is 16.5 Å². The molecule has 28 heavy (non-hydrogen) atoms. The Balaban J connectivity index is 1.58. The number of amides is 3. The maximum atomic E-state index is 13.0. The highest BCUT2D eigenvalue weighted by molar-refractivity contribution is 9.10. The van der Waals surface area contributed by atoms with E-state index in [-0.39, 0.29) is 12.4 Å². The second-order valence-corrected chi connectivity index (χ2v) is 8.11. The first kappa shape index (κ1) is 18.3. The number of halogens is 1. The van der Waals surface area contributed by atoms with E-state index in [0.29, 0.717) is 17.0 Å². The molecule has 3 amide bonds. The lowest BCUT2D eigenvalue weighted by molar-refractivity contribution is -0.131. The summed E-state index contributed by atoms with van der Waals surface area (Å²) in [5.41, 5.74) is -0.337. The van der Waals surface area contributed by atoms with E-state index >= 15 is 0 Å². The maximum absolute atomic E-state index is 13.0. The molecule has 10 heteroatoms. The Morgan fingerprint density at radius 3 is 2.93 bits per heavy atom. The van der Waals surface area contributed by atoms with Crippen molar-refractivity contribution in [3.63, 3.8) is 0 Å². The molecular formula is C18H12BrN5O3S. The molecule has 4 rings (SSSR count). The number of imide groups is 1. The standard InChI is InChI=1S/C18H12BrN5O3S/c1-18(11-4-2-3-10(5-11)7-20)16(25)24(17(26)22-18)8-14-21-15(23-27-14)13-6-12(19)9-28-13/h2-6,9H,8H2,1H3,(H,22,26). The van der Waals surface area contributed by atoms with Gasteiger partial charge in [-0.2, -0.15) is 10.2 Å². The number of hydrogen-bond acceptors (Lipinski definition) is 7. The SMILES string of the molecule is CC1(c2cccc(C#N)c2)NC(=O)N(Cc2nc(-c3cc(Br)cs3)no2)C1=O. The predicted octanol–water partition coefficient (Wildman–Crippen LogP) is 3.40. The molecule has 0 bridgehead atoms. The number of nitriles is 1. The van der Waals surface area contributed by atoms with Gasteiger partial charge in [0.15, 0.2) is 0 Å². The number of carbonyl (C=O) groups excluding carboxylic acids is 2. The molecule has 0 radical (unpaired) electrons. The van der Waals surface area contributed by atoms with Crippen molar-refractivity contribution in [2.45, 2.75) is 19.0 Å². The van der Waals surface area contributed by atoms with Gasteiger partial charge in [0, 0.05) is 9.85 Å². The fraction of sp³-hybridized carbons (Fsp3) is 0.167. The van der Waals surface area contributed by atoms with Crippen LogP contribution in [0, 0.1) is 11.3 Å². The van der Waals surface area contributed by atoms with Crippen molar-refractivity contribution < 1.29 is 14.1 Å². The van der Waals surface area contributed by atoms with Crippen LogP contribution in [0.5, 0.6) is 0 Å². The molecule has 1 saturated heterocycles. The number of urea groups is 1. The molecule has 1 N–H and O–H groups in total. The molecule has 0 spiro atoms. The van der Waals surface area contributed by atoms with Crippen LogP contribution < -0.4 is 5.32 Å². The van der Waals surface area contributed by atoms with Crippen LogP contribution in [0.15, 0.2) is 44.7 Å². The Hall–Kier alpha value is -3.03. The van der Waals surface area contributed by atoms with E-state index in [4.69, 9.17) is 9.78 Å². The van der Waals surface area contributed by atoms with Gasteiger partial charge in [-0.1, -0.05) is 17.3 Å². The van der Waals surface area contributed by atoms with Gasteiger partial charge >= 0.3 is 6.03 Å². The van der Waals surface area contributed by atoms with Crippen LogP contribution >= 0.6 is 27.3 Å². The van der Waals surface area contributed by atoms with Gasteiger partial charge in [0.25, 0.3) is 5.91 Å². The zero-order chi connectivity index (χ0) is 19.9. The Labute approximate surface area is 171 Å². The smallest absolute Gasteiger partial charge is 0.325 e. The topological polar surface area (TPSA) is 112 Å². The number of thiophene rings is 1. The minimum Gasteiger partial charge on any atom is -0.337 e. The summed E-state index contributed by atoms with van der Waals surface area (Å²) in [5, 5.41) is 17.6. The van der Waals surface area contributed by atoms with Crippen molar-refractivity contribution in [2.24, 2.45) is 0 Å². The molecule has 0 saturated carbocycles. The van der Waals surface area contributed by atoms with Gasteiger partial charge < -0.3 is 9.84 Å². The molecule has 1 aliphatic heterocycles. The lowest BCUT2D eigenvalue weighted by Gasteiger charge is -2.22. The fourth-order valence-corrected chi connectivity index (χ4v) is 4.27. The van der Waals surface area contributed by atoms with Crippen LogP contribution in [0.1, 0.15) is 23.9 Å². The van der Waals surface area contributed by atoms with Crippen LogP contribution in [-0.2, 0) is 16.9 Å². The molecule has 1 aromatic carbocycles. The Kier molecular flexibility index (Phi) is 4.49. The van der Waals surface area contributed by atoms with Crippen LogP contribution in [0.4, 0.5) is 4.79 Å². The number of nitrogens with zero attached hydrogens (tertiary/aromatic N) is 4. The van der Waals surface area contributed by atoms with Crippen molar-refractivity contribution in [3.8, 4) is 16.8 Å². The third-order valence-electron chi connectivity index (χ3n) is 4.39. The molecule has 1 aliphatic rings. The molecule has 3 aromatic rings. The summed E-state index contributed by atoms with van der Waals surface area (Å²) in [6.07, 6.45) is 0. The van der Waals surface area contributed by atoms with Crippen molar-refractivity contribution in [2.75, 3.05) is 0 Å². The van der Waals surface area contributed by atoms with E-state index in [1.807, 2.05) is 17.5 Å². The predicted molar refractivity (Wildman–Crippen MR) is 103 cm³/mol. The van der Waals surface area contributed by atoms with Crippen molar-refractivity contribution in [1.82, 2.24) is 20.4 Å². The highest BCUT2D eigenvalue weighted by atomic mass is 79.9. The van der Waals surface area contributed by atoms with Crippen molar-refractivity contribution >= 4 is 39.2 Å². The van der Waals surface area contributed by atoms with Crippen LogP contribution in [0.2, 0.25) is 0 Å². The quantitative estimate of drug-likeness (QED) is 0.600. The lowest BCUT2D eigenvalue weighted by atomic mass is 9.91. The zero-order valence-corrected chi connectivity index (χ0v) is 16.9. The molecule has 8 nitrogen and oxygen atoms in total. The highest BCUT2D eigenvalue weighted by Gasteiger charge is 2.49. The number of benzene rings is 1. The van der Waals surface area contributed by atoms with E-state index in [2.05, 4.69) is 31.4 Å². The summed E-state index contributed by atoms with van der Waals surface area (Å²) < 4.78 is 6.12. The van der Waals surface area contributed by atoms with E-state index < -0.39 is 17.5 Å². The normalized spacial score (nSPS) is 19.0. The highest BCUT2D eigenvalue weighted by Crippen LogP contribution is 2.31. The number of hydrogen-bond donors (Lipinski definition) is 1. The second kappa shape index (κ2) is 6.85. The summed E-state index contributed by atoms with van der Waals surface area (Å²) >= 11 is 4.81. The third-order valence-corrected chi connectivity index (χ3v) is 6.08. The van der Waals surface area contributed by atoms with Crippen LogP contribution in [0.3, 0.4) is 0 Å². The summed E-state index contributed by atoms with van der Waals surface area (Å²) in [7, 11) is 0. The number of aromatic nitrogens is 2. The van der Waals surface area contributed by atoms with Crippen molar-refractivity contribution in [3.05, 3.63) is 57.2 Å². The minimum atomic E-state index is -1.27. The third kappa shape index (κ3) is 3.08. The monoisotopic (exact) mass is 457 g/mol. The lowest BCUT2D eigenvalue weighted by Crippen LogP contribution is -2.40. The van der Waals surface area contributed by atoms with Gasteiger partial charge in [0.2, 0.25) is 11.7 Å². The summed E-state index contributed by atoms with van der Waals surface area (Å²) in [5.74, 6) is 0.0893. The molecule has 1 atom stereocenters. The molecule has 0 aliphatic carbocycles. The zero-order valence-electron chi connectivity index (χ0n) is 14.5. The Morgan fingerprint density at radius 2 is 2.21 bits per heavy atom. The Bertz CT molecular complexity index is 1130. The van der Waals surface area contributed by atoms with Gasteiger partial charge in [0.1, 0.15) is 12.1 Å². The number of rotatable bonds is 4. The van der Waals surface area contributed by atoms with Crippen LogP contribution in [-0.4, -0.2) is 27.0 Å². The fourth-order valence-electron chi connectivity index (χ4n) is 2.92. The summed E-state index contributed by atoms with van der Waals surface area (Å²) in [6.45, 7) is 1.46. The van der Waals surface area contributed by atoms with E-state index in [9.17, 15) is 9.59 Å². The van der Waals surface area contributed by atoms with Gasteiger partial charge in [-0.3, -0.25) is 9.69 Å². The van der Waals surface area contributed by atoms with Gasteiger partial charge in [-0.05, 0) is 46.6 Å². The number of carbonyl (C=O) groups is 2. The second-order valence-electron chi connectivity index (χ2n) is 6.28. The molecule has 1 fully saturated rings. The molecule has 1 unspecified atom stereocenters. The average molecular weight is 458 g/mol. The first-order chi connectivity index (χ1) is 13.4. The van der Waals surface area contributed by atoms with Gasteiger partial charge in [-0.25, -0.2) is 4.79 Å².